The zero-order chi connectivity index (χ0) is 15.2. The zero-order valence-corrected chi connectivity index (χ0v) is 13.0. The van der Waals surface area contributed by atoms with Gasteiger partial charge < -0.3 is 15.2 Å². The normalized spacial score (nSPS) is 10.4. The van der Waals surface area contributed by atoms with Crippen LogP contribution in [0.2, 0.25) is 0 Å². The number of ether oxygens (including phenoxy) is 2. The number of hydrogen-bond donors (Lipinski definition) is 2. The second-order valence-electron chi connectivity index (χ2n) is 4.44. The molecular formula is C15H19N3O2S. The van der Waals surface area contributed by atoms with Crippen LogP contribution in [0.25, 0.3) is 0 Å². The highest BCUT2D eigenvalue weighted by Crippen LogP contribution is 2.20. The molecule has 6 heteroatoms. The lowest BCUT2D eigenvalue weighted by atomic mass is 10.3. The lowest BCUT2D eigenvalue weighted by Crippen LogP contribution is -2.10. The predicted octanol–water partition coefficient (Wildman–Crippen LogP) is 2.76. The summed E-state index contributed by atoms with van der Waals surface area (Å²) in [5.41, 5.74) is 6.31. The van der Waals surface area contributed by atoms with Crippen LogP contribution in [0.1, 0.15) is 22.5 Å². The molecule has 1 aromatic carbocycles. The van der Waals surface area contributed by atoms with Gasteiger partial charge >= 0.3 is 0 Å². The minimum atomic E-state index is 0.0729. The largest absolute Gasteiger partial charge is 0.494 e. The van der Waals surface area contributed by atoms with Crippen LogP contribution >= 0.6 is 11.3 Å². The summed E-state index contributed by atoms with van der Waals surface area (Å²) in [6.07, 6.45) is 0.700. The predicted molar refractivity (Wildman–Crippen MR) is 84.7 cm³/mol. The van der Waals surface area contributed by atoms with Crippen molar-refractivity contribution in [3.05, 3.63) is 39.8 Å². The molecule has 2 aromatic rings. The van der Waals surface area contributed by atoms with Gasteiger partial charge in [0, 0.05) is 6.42 Å². The molecule has 2 rings (SSSR count). The van der Waals surface area contributed by atoms with Crippen molar-refractivity contribution in [1.29, 1.82) is 5.41 Å². The van der Waals surface area contributed by atoms with Crippen molar-refractivity contribution in [2.45, 2.75) is 20.3 Å². The smallest absolute Gasteiger partial charge is 0.135 e. The van der Waals surface area contributed by atoms with Crippen LogP contribution in [0.3, 0.4) is 0 Å². The topological polar surface area (TPSA) is 81.2 Å². The Kier molecular flexibility index (Phi) is 5.16. The minimum Gasteiger partial charge on any atom is -0.494 e. The van der Waals surface area contributed by atoms with Crippen LogP contribution in [-0.2, 0) is 6.42 Å². The molecule has 0 aliphatic heterocycles. The van der Waals surface area contributed by atoms with Crippen molar-refractivity contribution < 1.29 is 9.47 Å². The quantitative estimate of drug-likeness (QED) is 0.609. The molecule has 0 saturated carbocycles. The van der Waals surface area contributed by atoms with Gasteiger partial charge in [-0.05, 0) is 38.1 Å². The number of nitrogen functional groups attached to an aromatic ring is 1. The van der Waals surface area contributed by atoms with Gasteiger partial charge in [0.1, 0.15) is 17.3 Å². The van der Waals surface area contributed by atoms with Gasteiger partial charge in [0.25, 0.3) is 0 Å². The van der Waals surface area contributed by atoms with E-state index in [4.69, 9.17) is 20.6 Å². The van der Waals surface area contributed by atoms with E-state index in [1.54, 1.807) is 0 Å². The van der Waals surface area contributed by atoms with E-state index in [2.05, 4.69) is 4.98 Å². The SMILES string of the molecule is CCOc1ccc(OCCc2nc(C)c(C(=N)N)s2)cc1. The van der Waals surface area contributed by atoms with Crippen LogP contribution < -0.4 is 15.2 Å². The fraction of sp³-hybridized carbons (Fsp3) is 0.333. The van der Waals surface area contributed by atoms with Crippen molar-refractivity contribution >= 4 is 17.2 Å². The number of hydrogen-bond acceptors (Lipinski definition) is 5. The number of nitrogens with one attached hydrogen (secondary N) is 1. The van der Waals surface area contributed by atoms with Gasteiger partial charge in [-0.15, -0.1) is 11.3 Å². The lowest BCUT2D eigenvalue weighted by molar-refractivity contribution is 0.318. The van der Waals surface area contributed by atoms with Crippen LogP contribution in [0, 0.1) is 12.3 Å². The van der Waals surface area contributed by atoms with Gasteiger partial charge in [0.2, 0.25) is 0 Å². The van der Waals surface area contributed by atoms with Gasteiger partial charge in [-0.25, -0.2) is 4.98 Å². The molecule has 0 atom stereocenters. The second-order valence-corrected chi connectivity index (χ2v) is 5.52. The summed E-state index contributed by atoms with van der Waals surface area (Å²) in [5.74, 6) is 1.72. The van der Waals surface area contributed by atoms with Crippen molar-refractivity contribution in [2.24, 2.45) is 5.73 Å². The molecule has 112 valence electrons. The van der Waals surface area contributed by atoms with Crippen molar-refractivity contribution in [3.63, 3.8) is 0 Å². The Balaban J connectivity index is 1.86. The van der Waals surface area contributed by atoms with Crippen LogP contribution in [0.5, 0.6) is 11.5 Å². The molecule has 0 amide bonds. The highest BCUT2D eigenvalue weighted by atomic mass is 32.1. The van der Waals surface area contributed by atoms with Crippen molar-refractivity contribution in [2.75, 3.05) is 13.2 Å². The molecule has 0 aliphatic rings. The van der Waals surface area contributed by atoms with Crippen molar-refractivity contribution in [3.8, 4) is 11.5 Å². The average molecular weight is 305 g/mol. The Morgan fingerprint density at radius 1 is 1.24 bits per heavy atom. The molecule has 0 unspecified atom stereocenters. The maximum atomic E-state index is 7.46. The molecule has 1 heterocycles. The van der Waals surface area contributed by atoms with Crippen molar-refractivity contribution in [1.82, 2.24) is 4.98 Å². The minimum absolute atomic E-state index is 0.0729. The average Bonchev–Trinajstić information content (AvgIpc) is 2.82. The number of benzene rings is 1. The Bertz CT molecular complexity index is 608. The monoisotopic (exact) mass is 305 g/mol. The molecule has 0 spiro atoms. The number of nitrogens with zero attached hydrogens (tertiary/aromatic N) is 1. The van der Waals surface area contributed by atoms with E-state index < -0.39 is 0 Å². The Morgan fingerprint density at radius 2 is 1.86 bits per heavy atom. The molecule has 0 aliphatic carbocycles. The standard InChI is InChI=1S/C15H19N3O2S/c1-3-19-11-4-6-12(7-5-11)20-9-8-13-18-10(2)14(21-13)15(16)17/h4-7H,3,8-9H2,1-2H3,(H3,16,17). The number of rotatable bonds is 7. The van der Waals surface area contributed by atoms with E-state index in [0.29, 0.717) is 19.6 Å². The Labute approximate surface area is 128 Å². The lowest BCUT2D eigenvalue weighted by Gasteiger charge is -2.06. The number of amidine groups is 1. The van der Waals surface area contributed by atoms with Crippen LogP contribution in [0.15, 0.2) is 24.3 Å². The molecule has 1 aromatic heterocycles. The first-order chi connectivity index (χ1) is 10.1. The Morgan fingerprint density at radius 3 is 2.38 bits per heavy atom. The maximum absolute atomic E-state index is 7.46. The summed E-state index contributed by atoms with van der Waals surface area (Å²) >= 11 is 1.45. The number of thiazole rings is 1. The summed E-state index contributed by atoms with van der Waals surface area (Å²) in [7, 11) is 0. The molecule has 0 bridgehead atoms. The van der Waals surface area contributed by atoms with E-state index in [0.717, 1.165) is 27.1 Å². The highest BCUT2D eigenvalue weighted by molar-refractivity contribution is 7.13. The third-order valence-electron chi connectivity index (χ3n) is 2.80. The van der Waals surface area contributed by atoms with Gasteiger partial charge in [0.15, 0.2) is 0 Å². The molecule has 5 nitrogen and oxygen atoms in total. The highest BCUT2D eigenvalue weighted by Gasteiger charge is 2.09. The summed E-state index contributed by atoms with van der Waals surface area (Å²) < 4.78 is 11.1. The molecule has 3 N–H and O–H groups in total. The molecule has 0 radical (unpaired) electrons. The summed E-state index contributed by atoms with van der Waals surface area (Å²) in [6, 6.07) is 7.55. The van der Waals surface area contributed by atoms with Gasteiger partial charge in [-0.3, -0.25) is 5.41 Å². The van der Waals surface area contributed by atoms with E-state index >= 15 is 0 Å². The summed E-state index contributed by atoms with van der Waals surface area (Å²) in [6.45, 7) is 5.01. The van der Waals surface area contributed by atoms with Gasteiger partial charge in [-0.2, -0.15) is 0 Å². The Hall–Kier alpha value is -2.08. The van der Waals surface area contributed by atoms with E-state index in [1.807, 2.05) is 38.1 Å². The second kappa shape index (κ2) is 7.08. The number of nitrogens with two attached hydrogens (primary N) is 1. The first kappa shape index (κ1) is 15.3. The van der Waals surface area contributed by atoms with E-state index in [1.165, 1.54) is 11.3 Å². The number of aromatic nitrogens is 1. The summed E-state index contributed by atoms with van der Waals surface area (Å²) in [5, 5.41) is 8.39. The maximum Gasteiger partial charge on any atom is 0.135 e. The molecule has 0 saturated heterocycles. The first-order valence-corrected chi connectivity index (χ1v) is 7.58. The van der Waals surface area contributed by atoms with Crippen LogP contribution in [0.4, 0.5) is 0 Å². The third kappa shape index (κ3) is 4.19. The summed E-state index contributed by atoms with van der Waals surface area (Å²) in [4.78, 5) is 5.14. The van der Waals surface area contributed by atoms with E-state index in [-0.39, 0.29) is 5.84 Å². The van der Waals surface area contributed by atoms with Gasteiger partial charge in [-0.1, -0.05) is 0 Å². The molecule has 0 fully saturated rings. The molecular weight excluding hydrogens is 286 g/mol. The van der Waals surface area contributed by atoms with E-state index in [9.17, 15) is 0 Å². The number of aryl methyl sites for hydroxylation is 1. The van der Waals surface area contributed by atoms with Gasteiger partial charge in [0.05, 0.1) is 28.8 Å². The zero-order valence-electron chi connectivity index (χ0n) is 12.2. The van der Waals surface area contributed by atoms with Crippen LogP contribution in [-0.4, -0.2) is 24.0 Å². The molecule has 21 heavy (non-hydrogen) atoms. The first-order valence-electron chi connectivity index (χ1n) is 6.76. The fourth-order valence-corrected chi connectivity index (χ4v) is 2.77. The fourth-order valence-electron chi connectivity index (χ4n) is 1.86. The third-order valence-corrected chi connectivity index (χ3v) is 4.06.